The standard InChI is InChI=1S/C20H27BClNO4/c1-7-18(24)23-13(2)11-25-12-17(23)14-8-15(10-16(22)9-14)21-26-19(3,4)20(5,6)27-21/h7-10,13,17H,1,11-12H2,2-6H3/t13-,17+/m1/s1. The molecule has 0 N–H and O–H groups in total. The highest BCUT2D eigenvalue weighted by Gasteiger charge is 2.52. The zero-order chi connectivity index (χ0) is 20.0. The topological polar surface area (TPSA) is 48.0 Å². The van der Waals surface area contributed by atoms with Crippen molar-refractivity contribution in [2.24, 2.45) is 0 Å². The number of ether oxygens (including phenoxy) is 1. The van der Waals surface area contributed by atoms with Crippen LogP contribution in [0.5, 0.6) is 0 Å². The largest absolute Gasteiger partial charge is 0.494 e. The number of halogens is 1. The van der Waals surface area contributed by atoms with E-state index >= 15 is 0 Å². The van der Waals surface area contributed by atoms with E-state index in [0.717, 1.165) is 11.0 Å². The van der Waals surface area contributed by atoms with Crippen LogP contribution >= 0.6 is 11.6 Å². The number of hydrogen-bond acceptors (Lipinski definition) is 4. The van der Waals surface area contributed by atoms with E-state index in [9.17, 15) is 4.79 Å². The zero-order valence-electron chi connectivity index (χ0n) is 16.6. The summed E-state index contributed by atoms with van der Waals surface area (Å²) >= 11 is 6.41. The summed E-state index contributed by atoms with van der Waals surface area (Å²) in [6, 6.07) is 5.42. The van der Waals surface area contributed by atoms with Crippen LogP contribution < -0.4 is 5.46 Å². The first-order valence-electron chi connectivity index (χ1n) is 9.24. The summed E-state index contributed by atoms with van der Waals surface area (Å²) in [5, 5.41) is 0.571. The molecule has 1 aromatic rings. The summed E-state index contributed by atoms with van der Waals surface area (Å²) in [6.07, 6.45) is 1.34. The Morgan fingerprint density at radius 2 is 1.85 bits per heavy atom. The lowest BCUT2D eigenvalue weighted by Gasteiger charge is -2.40. The highest BCUT2D eigenvalue weighted by molar-refractivity contribution is 6.62. The SMILES string of the molecule is C=CC(=O)N1[C@H](C)COC[C@H]1c1cc(Cl)cc(B2OC(C)(C)C(C)(C)O2)c1. The summed E-state index contributed by atoms with van der Waals surface area (Å²) in [7, 11) is -0.516. The molecule has 0 spiro atoms. The average Bonchev–Trinajstić information content (AvgIpc) is 2.81. The number of morpholine rings is 1. The monoisotopic (exact) mass is 391 g/mol. The molecule has 0 bridgehead atoms. The van der Waals surface area contributed by atoms with Gasteiger partial charge < -0.3 is 18.9 Å². The van der Waals surface area contributed by atoms with Gasteiger partial charge in [-0.1, -0.05) is 24.2 Å². The first-order chi connectivity index (χ1) is 12.6. The fourth-order valence-electron chi connectivity index (χ4n) is 3.49. The molecule has 146 valence electrons. The number of carbonyl (C=O) groups excluding carboxylic acids is 1. The summed E-state index contributed by atoms with van der Waals surface area (Å²) in [6.45, 7) is 14.6. The van der Waals surface area contributed by atoms with Crippen LogP contribution in [0.25, 0.3) is 0 Å². The number of rotatable bonds is 3. The van der Waals surface area contributed by atoms with Crippen LogP contribution in [-0.2, 0) is 18.8 Å². The highest BCUT2D eigenvalue weighted by atomic mass is 35.5. The Kier molecular flexibility index (Phi) is 5.47. The maximum Gasteiger partial charge on any atom is 0.494 e. The van der Waals surface area contributed by atoms with E-state index in [1.54, 1.807) is 4.90 Å². The Labute approximate surface area is 166 Å². The van der Waals surface area contributed by atoms with E-state index in [4.69, 9.17) is 25.6 Å². The lowest BCUT2D eigenvalue weighted by Crippen LogP contribution is -2.48. The van der Waals surface area contributed by atoms with Crippen molar-refractivity contribution in [3.63, 3.8) is 0 Å². The predicted octanol–water partition coefficient (Wildman–Crippen LogP) is 3.11. The minimum atomic E-state index is -0.516. The average molecular weight is 392 g/mol. The lowest BCUT2D eigenvalue weighted by atomic mass is 9.77. The Morgan fingerprint density at radius 3 is 2.44 bits per heavy atom. The third-order valence-corrected chi connectivity index (χ3v) is 5.95. The second kappa shape index (κ2) is 7.24. The first-order valence-corrected chi connectivity index (χ1v) is 9.62. The molecule has 0 aromatic heterocycles. The van der Waals surface area contributed by atoms with Gasteiger partial charge in [0, 0.05) is 5.02 Å². The normalized spacial score (nSPS) is 26.9. The third-order valence-electron chi connectivity index (χ3n) is 5.73. The van der Waals surface area contributed by atoms with Gasteiger partial charge in [0.1, 0.15) is 0 Å². The van der Waals surface area contributed by atoms with Gasteiger partial charge in [0.2, 0.25) is 5.91 Å². The molecule has 2 aliphatic heterocycles. The second-order valence-electron chi connectivity index (χ2n) is 8.26. The quantitative estimate of drug-likeness (QED) is 0.587. The van der Waals surface area contributed by atoms with E-state index < -0.39 is 18.3 Å². The van der Waals surface area contributed by atoms with Crippen molar-refractivity contribution in [1.29, 1.82) is 0 Å². The van der Waals surface area contributed by atoms with Crippen LogP contribution in [0.3, 0.4) is 0 Å². The van der Waals surface area contributed by atoms with Crippen molar-refractivity contribution in [3.8, 4) is 0 Å². The summed E-state index contributed by atoms with van der Waals surface area (Å²) in [4.78, 5) is 14.2. The first kappa shape index (κ1) is 20.4. The predicted molar refractivity (Wildman–Crippen MR) is 107 cm³/mol. The molecule has 5 nitrogen and oxygen atoms in total. The maximum atomic E-state index is 12.4. The van der Waals surface area contributed by atoms with Crippen molar-refractivity contribution in [1.82, 2.24) is 4.90 Å². The molecule has 0 saturated carbocycles. The molecular weight excluding hydrogens is 364 g/mol. The number of amides is 1. The molecule has 7 heteroatoms. The number of nitrogens with zero attached hydrogens (tertiary/aromatic N) is 1. The molecule has 2 heterocycles. The molecule has 2 aliphatic rings. The fourth-order valence-corrected chi connectivity index (χ4v) is 3.75. The summed E-state index contributed by atoms with van der Waals surface area (Å²) in [5.41, 5.74) is 0.857. The van der Waals surface area contributed by atoms with Crippen LogP contribution in [0.15, 0.2) is 30.9 Å². The van der Waals surface area contributed by atoms with Crippen molar-refractivity contribution >= 4 is 30.1 Å². The highest BCUT2D eigenvalue weighted by Crippen LogP contribution is 2.37. The molecule has 2 fully saturated rings. The Bertz CT molecular complexity index is 735. The van der Waals surface area contributed by atoms with Crippen molar-refractivity contribution in [3.05, 3.63) is 41.4 Å². The van der Waals surface area contributed by atoms with E-state index in [0.29, 0.717) is 18.2 Å². The van der Waals surface area contributed by atoms with E-state index in [1.807, 2.05) is 52.8 Å². The molecule has 27 heavy (non-hydrogen) atoms. The minimum absolute atomic E-state index is 0.0477. The molecule has 0 aliphatic carbocycles. The molecule has 0 unspecified atom stereocenters. The third kappa shape index (κ3) is 3.81. The van der Waals surface area contributed by atoms with Gasteiger partial charge in [-0.2, -0.15) is 0 Å². The van der Waals surface area contributed by atoms with E-state index in [1.165, 1.54) is 6.08 Å². The molecule has 3 rings (SSSR count). The van der Waals surface area contributed by atoms with Gasteiger partial charge in [-0.05, 0) is 63.9 Å². The zero-order valence-corrected chi connectivity index (χ0v) is 17.4. The van der Waals surface area contributed by atoms with Crippen LogP contribution in [0.1, 0.15) is 46.2 Å². The number of benzene rings is 1. The molecule has 1 aromatic carbocycles. The molecule has 1 amide bonds. The minimum Gasteiger partial charge on any atom is -0.399 e. The van der Waals surface area contributed by atoms with Crippen molar-refractivity contribution in [2.45, 2.75) is 57.9 Å². The van der Waals surface area contributed by atoms with Gasteiger partial charge in [-0.25, -0.2) is 0 Å². The van der Waals surface area contributed by atoms with Gasteiger partial charge in [-0.15, -0.1) is 0 Å². The van der Waals surface area contributed by atoms with Crippen LogP contribution in [0, 0.1) is 0 Å². The van der Waals surface area contributed by atoms with Crippen LogP contribution in [0.2, 0.25) is 5.02 Å². The van der Waals surface area contributed by atoms with E-state index in [2.05, 4.69) is 6.58 Å². The van der Waals surface area contributed by atoms with E-state index in [-0.39, 0.29) is 18.0 Å². The molecule has 2 atom stereocenters. The number of carbonyl (C=O) groups is 1. The Balaban J connectivity index is 1.96. The van der Waals surface area contributed by atoms with Crippen LogP contribution in [-0.4, -0.2) is 48.4 Å². The van der Waals surface area contributed by atoms with Gasteiger partial charge in [0.25, 0.3) is 0 Å². The molecule has 2 saturated heterocycles. The molecular formula is C20H27BClNO4. The van der Waals surface area contributed by atoms with Crippen LogP contribution in [0.4, 0.5) is 0 Å². The number of hydrogen-bond donors (Lipinski definition) is 0. The Hall–Kier alpha value is -1.34. The summed E-state index contributed by atoms with van der Waals surface area (Å²) < 4.78 is 18.0. The molecule has 0 radical (unpaired) electrons. The van der Waals surface area contributed by atoms with Crippen molar-refractivity contribution in [2.75, 3.05) is 13.2 Å². The van der Waals surface area contributed by atoms with Gasteiger partial charge in [0.15, 0.2) is 0 Å². The van der Waals surface area contributed by atoms with Gasteiger partial charge in [0.05, 0.1) is 36.5 Å². The fraction of sp³-hybridized carbons (Fsp3) is 0.550. The Morgan fingerprint density at radius 1 is 1.22 bits per heavy atom. The lowest BCUT2D eigenvalue weighted by molar-refractivity contribution is -0.140. The van der Waals surface area contributed by atoms with Gasteiger partial charge in [-0.3, -0.25) is 4.79 Å². The second-order valence-corrected chi connectivity index (χ2v) is 8.69. The van der Waals surface area contributed by atoms with Gasteiger partial charge >= 0.3 is 7.12 Å². The van der Waals surface area contributed by atoms with Crippen molar-refractivity contribution < 1.29 is 18.8 Å². The summed E-state index contributed by atoms with van der Waals surface area (Å²) in [5.74, 6) is -0.118. The maximum absolute atomic E-state index is 12.4. The smallest absolute Gasteiger partial charge is 0.399 e.